The number of nitrogens with zero attached hydrogens (tertiary/aromatic N) is 1. The summed E-state index contributed by atoms with van der Waals surface area (Å²) in [6, 6.07) is 2.16. The molecule has 1 atom stereocenters. The van der Waals surface area contributed by atoms with Gasteiger partial charge in [0.15, 0.2) is 0 Å². The molecule has 10 heavy (non-hydrogen) atoms. The van der Waals surface area contributed by atoms with Gasteiger partial charge in [-0.05, 0) is 25.2 Å². The minimum Gasteiger partial charge on any atom is -0.381 e. The Morgan fingerprint density at radius 2 is 2.50 bits per heavy atom. The lowest BCUT2D eigenvalue weighted by Gasteiger charge is -2.20. The lowest BCUT2D eigenvalue weighted by atomic mass is 9.97. The van der Waals surface area contributed by atoms with Crippen LogP contribution in [-0.4, -0.2) is 13.2 Å². The van der Waals surface area contributed by atoms with E-state index in [1.165, 1.54) is 12.8 Å². The Hall–Kier alpha value is -0.550. The van der Waals surface area contributed by atoms with Gasteiger partial charge < -0.3 is 4.74 Å². The van der Waals surface area contributed by atoms with E-state index in [0.29, 0.717) is 12.3 Å². The molecule has 0 N–H and O–H groups in total. The molecule has 0 radical (unpaired) electrons. The van der Waals surface area contributed by atoms with Gasteiger partial charge in [-0.25, -0.2) is 0 Å². The third-order valence-corrected chi connectivity index (χ3v) is 1.92. The van der Waals surface area contributed by atoms with Crippen LogP contribution in [0.4, 0.5) is 0 Å². The second kappa shape index (κ2) is 4.29. The Morgan fingerprint density at radius 1 is 1.60 bits per heavy atom. The normalized spacial score (nSPS) is 25.7. The van der Waals surface area contributed by atoms with Crippen LogP contribution >= 0.6 is 0 Å². The zero-order valence-corrected chi connectivity index (χ0v) is 6.18. The summed E-state index contributed by atoms with van der Waals surface area (Å²) in [5.74, 6) is 0.661. The predicted octanol–water partition coefficient (Wildman–Crippen LogP) is 1.72. The van der Waals surface area contributed by atoms with Crippen molar-refractivity contribution in [1.82, 2.24) is 0 Å². The monoisotopic (exact) mass is 139 g/mol. The SMILES string of the molecule is N#CCCC1CCCOC1. The quantitative estimate of drug-likeness (QED) is 0.583. The van der Waals surface area contributed by atoms with Gasteiger partial charge in [-0.3, -0.25) is 0 Å². The number of ether oxygens (including phenoxy) is 1. The zero-order chi connectivity index (χ0) is 7.23. The van der Waals surface area contributed by atoms with Crippen molar-refractivity contribution in [3.63, 3.8) is 0 Å². The molecule has 2 nitrogen and oxygen atoms in total. The fraction of sp³-hybridized carbons (Fsp3) is 0.875. The van der Waals surface area contributed by atoms with Crippen molar-refractivity contribution >= 4 is 0 Å². The predicted molar refractivity (Wildman–Crippen MR) is 38.4 cm³/mol. The summed E-state index contributed by atoms with van der Waals surface area (Å²) in [5.41, 5.74) is 0. The minimum absolute atomic E-state index is 0.661. The molecule has 0 spiro atoms. The molecule has 0 saturated carbocycles. The first-order valence-corrected chi connectivity index (χ1v) is 3.88. The van der Waals surface area contributed by atoms with E-state index in [-0.39, 0.29) is 0 Å². The molecule has 1 fully saturated rings. The third kappa shape index (κ3) is 2.36. The largest absolute Gasteiger partial charge is 0.381 e. The highest BCUT2D eigenvalue weighted by Gasteiger charge is 2.12. The van der Waals surface area contributed by atoms with Crippen molar-refractivity contribution in [1.29, 1.82) is 5.26 Å². The van der Waals surface area contributed by atoms with Crippen molar-refractivity contribution < 1.29 is 4.74 Å². The van der Waals surface area contributed by atoms with Crippen LogP contribution in [0, 0.1) is 17.2 Å². The Balaban J connectivity index is 2.09. The van der Waals surface area contributed by atoms with Gasteiger partial charge in [-0.1, -0.05) is 0 Å². The second-order valence-electron chi connectivity index (χ2n) is 2.78. The van der Waals surface area contributed by atoms with Gasteiger partial charge in [-0.2, -0.15) is 5.26 Å². The molecule has 56 valence electrons. The lowest BCUT2D eigenvalue weighted by Crippen LogP contribution is -2.16. The van der Waals surface area contributed by atoms with Gasteiger partial charge in [0, 0.05) is 19.6 Å². The van der Waals surface area contributed by atoms with Crippen molar-refractivity contribution in [2.24, 2.45) is 5.92 Å². The number of hydrogen-bond acceptors (Lipinski definition) is 2. The fourth-order valence-electron chi connectivity index (χ4n) is 1.30. The standard InChI is InChI=1S/C8H13NO/c9-5-1-3-8-4-2-6-10-7-8/h8H,1-4,6-7H2. The summed E-state index contributed by atoms with van der Waals surface area (Å²) in [4.78, 5) is 0. The van der Waals surface area contributed by atoms with Crippen LogP contribution in [0.25, 0.3) is 0 Å². The minimum atomic E-state index is 0.661. The first-order valence-electron chi connectivity index (χ1n) is 3.88. The van der Waals surface area contributed by atoms with Crippen LogP contribution in [-0.2, 0) is 4.74 Å². The van der Waals surface area contributed by atoms with Gasteiger partial charge >= 0.3 is 0 Å². The van der Waals surface area contributed by atoms with Gasteiger partial charge in [0.1, 0.15) is 0 Å². The number of hydrogen-bond donors (Lipinski definition) is 0. The zero-order valence-electron chi connectivity index (χ0n) is 6.18. The summed E-state index contributed by atoms with van der Waals surface area (Å²) in [7, 11) is 0. The Kier molecular flexibility index (Phi) is 3.25. The molecule has 0 bridgehead atoms. The highest BCUT2D eigenvalue weighted by atomic mass is 16.5. The lowest BCUT2D eigenvalue weighted by molar-refractivity contribution is 0.0522. The van der Waals surface area contributed by atoms with Crippen LogP contribution < -0.4 is 0 Å². The Bertz CT molecular complexity index is 122. The summed E-state index contributed by atoms with van der Waals surface area (Å²) in [6.45, 7) is 1.80. The van der Waals surface area contributed by atoms with Crippen molar-refractivity contribution in [2.45, 2.75) is 25.7 Å². The average Bonchev–Trinajstić information content (AvgIpc) is 2.03. The molecule has 1 saturated heterocycles. The van der Waals surface area contributed by atoms with Crippen LogP contribution in [0.5, 0.6) is 0 Å². The maximum Gasteiger partial charge on any atom is 0.0621 e. The van der Waals surface area contributed by atoms with Gasteiger partial charge in [0.05, 0.1) is 6.07 Å². The second-order valence-corrected chi connectivity index (χ2v) is 2.78. The van der Waals surface area contributed by atoms with E-state index in [1.807, 2.05) is 0 Å². The molecular formula is C8H13NO. The number of rotatable bonds is 2. The van der Waals surface area contributed by atoms with Gasteiger partial charge in [0.2, 0.25) is 0 Å². The number of nitriles is 1. The smallest absolute Gasteiger partial charge is 0.0621 e. The van der Waals surface area contributed by atoms with Crippen LogP contribution in [0.3, 0.4) is 0 Å². The first kappa shape index (κ1) is 7.56. The topological polar surface area (TPSA) is 33.0 Å². The highest BCUT2D eigenvalue weighted by Crippen LogP contribution is 2.17. The van der Waals surface area contributed by atoms with E-state index in [2.05, 4.69) is 6.07 Å². The van der Waals surface area contributed by atoms with Gasteiger partial charge in [0.25, 0.3) is 0 Å². The third-order valence-electron chi connectivity index (χ3n) is 1.92. The Labute approximate surface area is 61.8 Å². The molecule has 1 unspecified atom stereocenters. The van der Waals surface area contributed by atoms with Crippen molar-refractivity contribution in [3.8, 4) is 6.07 Å². The summed E-state index contributed by atoms with van der Waals surface area (Å²) in [6.07, 6.45) is 4.14. The summed E-state index contributed by atoms with van der Waals surface area (Å²) < 4.78 is 5.27. The molecule has 0 aromatic rings. The summed E-state index contributed by atoms with van der Waals surface area (Å²) in [5, 5.41) is 8.31. The van der Waals surface area contributed by atoms with E-state index < -0.39 is 0 Å². The molecule has 0 aliphatic carbocycles. The van der Waals surface area contributed by atoms with Crippen molar-refractivity contribution in [3.05, 3.63) is 0 Å². The van der Waals surface area contributed by atoms with Crippen molar-refractivity contribution in [2.75, 3.05) is 13.2 Å². The molecule has 1 rings (SSSR count). The average molecular weight is 139 g/mol. The molecule has 0 aromatic carbocycles. The molecule has 2 heteroatoms. The van der Waals surface area contributed by atoms with E-state index in [0.717, 1.165) is 19.6 Å². The maximum absolute atomic E-state index is 8.31. The summed E-state index contributed by atoms with van der Waals surface area (Å²) >= 11 is 0. The molecular weight excluding hydrogens is 126 g/mol. The van der Waals surface area contributed by atoms with Crippen LogP contribution in [0.1, 0.15) is 25.7 Å². The fourth-order valence-corrected chi connectivity index (χ4v) is 1.30. The Morgan fingerprint density at radius 3 is 3.10 bits per heavy atom. The van der Waals surface area contributed by atoms with Crippen LogP contribution in [0.2, 0.25) is 0 Å². The highest BCUT2D eigenvalue weighted by molar-refractivity contribution is 4.73. The molecule has 1 heterocycles. The maximum atomic E-state index is 8.31. The van der Waals surface area contributed by atoms with Crippen LogP contribution in [0.15, 0.2) is 0 Å². The van der Waals surface area contributed by atoms with E-state index in [4.69, 9.17) is 10.00 Å². The molecule has 1 aliphatic rings. The van der Waals surface area contributed by atoms with E-state index >= 15 is 0 Å². The van der Waals surface area contributed by atoms with Gasteiger partial charge in [-0.15, -0.1) is 0 Å². The molecule has 1 aliphatic heterocycles. The molecule has 0 aromatic heterocycles. The van der Waals surface area contributed by atoms with E-state index in [1.54, 1.807) is 0 Å². The van der Waals surface area contributed by atoms with E-state index in [9.17, 15) is 0 Å². The molecule has 0 amide bonds. The first-order chi connectivity index (χ1) is 4.93.